The third-order valence-electron chi connectivity index (χ3n) is 4.77. The van der Waals surface area contributed by atoms with Crippen LogP contribution >= 0.6 is 11.8 Å². The molecule has 2 aromatic carbocycles. The molecule has 1 unspecified atom stereocenters. The topological polar surface area (TPSA) is 121 Å². The van der Waals surface area contributed by atoms with Gasteiger partial charge < -0.3 is 19.5 Å². The van der Waals surface area contributed by atoms with Crippen LogP contribution in [0.2, 0.25) is 0 Å². The molecule has 2 amide bonds. The number of nitrogens with zero attached hydrogens (tertiary/aromatic N) is 4. The molecule has 0 spiro atoms. The highest BCUT2D eigenvalue weighted by molar-refractivity contribution is 7.99. The van der Waals surface area contributed by atoms with Crippen LogP contribution in [0.3, 0.4) is 0 Å². The van der Waals surface area contributed by atoms with Crippen molar-refractivity contribution in [2.75, 3.05) is 16.9 Å². The first-order valence-electron chi connectivity index (χ1n) is 9.75. The Kier molecular flexibility index (Phi) is 6.37. The normalized spacial score (nSPS) is 15.2. The lowest BCUT2D eigenvalue weighted by molar-refractivity contribution is -0.119. The molecule has 9 nitrogen and oxygen atoms in total. The Labute approximate surface area is 188 Å². The fraction of sp³-hybridized carbons (Fsp3) is 0.227. The first-order chi connectivity index (χ1) is 15.5. The molecule has 2 heterocycles. The summed E-state index contributed by atoms with van der Waals surface area (Å²) < 4.78 is 10.5. The molecular formula is C22H19N5O4S. The molecule has 1 aliphatic rings. The van der Waals surface area contributed by atoms with E-state index < -0.39 is 6.04 Å². The summed E-state index contributed by atoms with van der Waals surface area (Å²) in [6.45, 7) is 1.86. The third-order valence-corrected chi connectivity index (χ3v) is 5.78. The van der Waals surface area contributed by atoms with Crippen molar-refractivity contribution in [2.24, 2.45) is 0 Å². The summed E-state index contributed by atoms with van der Waals surface area (Å²) in [6.07, 6.45) is 0. The van der Waals surface area contributed by atoms with Crippen molar-refractivity contribution in [3.05, 3.63) is 71.4 Å². The average molecular weight is 449 g/mol. The second kappa shape index (κ2) is 9.53. The van der Waals surface area contributed by atoms with Crippen LogP contribution in [0.5, 0.6) is 5.75 Å². The number of carbonyl (C=O) groups is 2. The third kappa shape index (κ3) is 4.90. The number of thioether (sulfide) groups is 1. The highest BCUT2D eigenvalue weighted by atomic mass is 32.2. The molecule has 1 fully saturated rings. The van der Waals surface area contributed by atoms with Gasteiger partial charge in [-0.05, 0) is 48.5 Å². The zero-order valence-electron chi connectivity index (χ0n) is 17.1. The summed E-state index contributed by atoms with van der Waals surface area (Å²) in [5.41, 5.74) is 1.55. The molecule has 0 saturated carbocycles. The minimum atomic E-state index is -0.583. The SMILES string of the molecule is Cc1nc(COc2ccc(C(=O)N3CSCC3C(=O)Nc3ccc(C#N)cc3)cc2)no1. The molecule has 32 heavy (non-hydrogen) atoms. The number of nitriles is 1. The molecule has 1 atom stereocenters. The fourth-order valence-electron chi connectivity index (χ4n) is 3.12. The Morgan fingerprint density at radius 3 is 2.66 bits per heavy atom. The van der Waals surface area contributed by atoms with Crippen LogP contribution in [0.4, 0.5) is 5.69 Å². The minimum Gasteiger partial charge on any atom is -0.485 e. The van der Waals surface area contributed by atoms with Gasteiger partial charge in [0.1, 0.15) is 11.8 Å². The van der Waals surface area contributed by atoms with Gasteiger partial charge in [-0.3, -0.25) is 9.59 Å². The van der Waals surface area contributed by atoms with Crippen molar-refractivity contribution in [2.45, 2.75) is 19.6 Å². The molecule has 10 heteroatoms. The monoisotopic (exact) mass is 449 g/mol. The zero-order valence-corrected chi connectivity index (χ0v) is 18.0. The molecule has 1 aliphatic heterocycles. The van der Waals surface area contributed by atoms with E-state index in [0.29, 0.717) is 45.9 Å². The van der Waals surface area contributed by atoms with Crippen LogP contribution in [0.1, 0.15) is 27.6 Å². The number of anilines is 1. The summed E-state index contributed by atoms with van der Waals surface area (Å²) in [7, 11) is 0. The number of aryl methyl sites for hydroxylation is 1. The average Bonchev–Trinajstić information content (AvgIpc) is 3.47. The van der Waals surface area contributed by atoms with Crippen LogP contribution in [0.15, 0.2) is 53.1 Å². The molecule has 3 aromatic rings. The summed E-state index contributed by atoms with van der Waals surface area (Å²) in [5, 5.41) is 15.5. The number of benzene rings is 2. The molecule has 1 aromatic heterocycles. The molecule has 1 saturated heterocycles. The smallest absolute Gasteiger partial charge is 0.255 e. The Morgan fingerprint density at radius 2 is 2.00 bits per heavy atom. The second-order valence-corrected chi connectivity index (χ2v) is 8.01. The highest BCUT2D eigenvalue weighted by Gasteiger charge is 2.35. The Balaban J connectivity index is 1.37. The molecule has 0 aliphatic carbocycles. The predicted octanol–water partition coefficient (Wildman–Crippen LogP) is 2.98. The highest BCUT2D eigenvalue weighted by Crippen LogP contribution is 2.25. The molecule has 1 N–H and O–H groups in total. The number of aromatic nitrogens is 2. The van der Waals surface area contributed by atoms with Gasteiger partial charge in [0, 0.05) is 23.9 Å². The van der Waals surface area contributed by atoms with Crippen molar-refractivity contribution >= 4 is 29.3 Å². The number of ether oxygens (including phenoxy) is 1. The Morgan fingerprint density at radius 1 is 1.25 bits per heavy atom. The lowest BCUT2D eigenvalue weighted by Gasteiger charge is -2.23. The minimum absolute atomic E-state index is 0.158. The standard InChI is InChI=1S/C22H19N5O4S/c1-14-24-20(26-31-14)11-30-18-8-4-16(5-9-18)22(29)27-13-32-12-19(27)21(28)25-17-6-2-15(10-23)3-7-17/h2-9,19H,11-13H2,1H3,(H,25,28). The maximum atomic E-state index is 13.0. The van der Waals surface area contributed by atoms with Gasteiger partial charge in [0.05, 0.1) is 17.5 Å². The maximum absolute atomic E-state index is 13.0. The van der Waals surface area contributed by atoms with Gasteiger partial charge in [0.15, 0.2) is 6.61 Å². The van der Waals surface area contributed by atoms with Gasteiger partial charge in [-0.1, -0.05) is 5.16 Å². The number of nitrogens with one attached hydrogen (secondary N) is 1. The van der Waals surface area contributed by atoms with Gasteiger partial charge in [0.2, 0.25) is 17.6 Å². The molecule has 0 radical (unpaired) electrons. The number of amides is 2. The number of hydrogen-bond donors (Lipinski definition) is 1. The molecule has 162 valence electrons. The number of carbonyl (C=O) groups excluding carboxylic acids is 2. The Hall–Kier alpha value is -3.84. The van der Waals surface area contributed by atoms with E-state index in [4.69, 9.17) is 14.5 Å². The van der Waals surface area contributed by atoms with Crippen LogP contribution in [-0.2, 0) is 11.4 Å². The Bertz CT molecular complexity index is 1150. The zero-order chi connectivity index (χ0) is 22.5. The van der Waals surface area contributed by atoms with E-state index in [9.17, 15) is 9.59 Å². The maximum Gasteiger partial charge on any atom is 0.255 e. The fourth-order valence-corrected chi connectivity index (χ4v) is 4.27. The summed E-state index contributed by atoms with van der Waals surface area (Å²) >= 11 is 1.52. The van der Waals surface area contributed by atoms with Crippen LogP contribution in [0.25, 0.3) is 0 Å². The van der Waals surface area contributed by atoms with E-state index in [1.165, 1.54) is 11.8 Å². The molecule has 0 bridgehead atoms. The van der Waals surface area contributed by atoms with Crippen molar-refractivity contribution in [3.63, 3.8) is 0 Å². The van der Waals surface area contributed by atoms with Gasteiger partial charge >= 0.3 is 0 Å². The van der Waals surface area contributed by atoms with E-state index in [1.807, 2.05) is 6.07 Å². The van der Waals surface area contributed by atoms with Gasteiger partial charge in [0.25, 0.3) is 5.91 Å². The van der Waals surface area contributed by atoms with Gasteiger partial charge in [-0.2, -0.15) is 10.2 Å². The van der Waals surface area contributed by atoms with E-state index in [0.717, 1.165) is 0 Å². The lowest BCUT2D eigenvalue weighted by Crippen LogP contribution is -2.44. The number of rotatable bonds is 6. The first kappa shape index (κ1) is 21.4. The molecule has 4 rings (SSSR count). The van der Waals surface area contributed by atoms with E-state index >= 15 is 0 Å². The van der Waals surface area contributed by atoms with Crippen molar-refractivity contribution in [1.29, 1.82) is 5.26 Å². The van der Waals surface area contributed by atoms with Crippen molar-refractivity contribution < 1.29 is 18.8 Å². The van der Waals surface area contributed by atoms with Crippen LogP contribution < -0.4 is 10.1 Å². The van der Waals surface area contributed by atoms with E-state index in [1.54, 1.807) is 60.4 Å². The largest absolute Gasteiger partial charge is 0.485 e. The van der Waals surface area contributed by atoms with Crippen LogP contribution in [-0.4, -0.2) is 44.5 Å². The molecular weight excluding hydrogens is 430 g/mol. The lowest BCUT2D eigenvalue weighted by atomic mass is 10.1. The summed E-state index contributed by atoms with van der Waals surface area (Å²) in [6, 6.07) is 14.8. The first-order valence-corrected chi connectivity index (χ1v) is 10.9. The predicted molar refractivity (Wildman–Crippen MR) is 117 cm³/mol. The summed E-state index contributed by atoms with van der Waals surface area (Å²) in [5.74, 6) is 1.92. The van der Waals surface area contributed by atoms with Crippen molar-refractivity contribution in [1.82, 2.24) is 15.0 Å². The quantitative estimate of drug-likeness (QED) is 0.610. The summed E-state index contributed by atoms with van der Waals surface area (Å²) in [4.78, 5) is 31.4. The second-order valence-electron chi connectivity index (χ2n) is 7.01. The van der Waals surface area contributed by atoms with Gasteiger partial charge in [-0.25, -0.2) is 0 Å². The van der Waals surface area contributed by atoms with E-state index in [-0.39, 0.29) is 18.4 Å². The van der Waals surface area contributed by atoms with E-state index in [2.05, 4.69) is 15.5 Å². The van der Waals surface area contributed by atoms with Gasteiger partial charge in [-0.15, -0.1) is 11.8 Å². The van der Waals surface area contributed by atoms with Crippen LogP contribution in [0, 0.1) is 18.3 Å². The van der Waals surface area contributed by atoms with Crippen molar-refractivity contribution in [3.8, 4) is 11.8 Å². The number of hydrogen-bond acceptors (Lipinski definition) is 8.